The minimum Gasteiger partial charge on any atom is -0.453 e. The van der Waals surface area contributed by atoms with Crippen molar-refractivity contribution in [3.63, 3.8) is 0 Å². The summed E-state index contributed by atoms with van der Waals surface area (Å²) in [6.07, 6.45) is 0. The first-order valence-corrected chi connectivity index (χ1v) is 16.5. The van der Waals surface area contributed by atoms with Gasteiger partial charge in [-0.05, 0) is 65.7 Å². The molecule has 0 radical (unpaired) electrons. The first-order chi connectivity index (χ1) is 24.3. The molecule has 4 heterocycles. The normalized spacial score (nSPS) is 12.2. The van der Waals surface area contributed by atoms with E-state index in [4.69, 9.17) is 14.7 Å². The maximum Gasteiger partial charge on any atom is 0.235 e. The van der Waals surface area contributed by atoms with Crippen molar-refractivity contribution in [1.29, 1.82) is 0 Å². The Morgan fingerprint density at radius 2 is 1.06 bits per heavy atom. The van der Waals surface area contributed by atoms with Crippen molar-refractivity contribution in [3.05, 3.63) is 158 Å². The van der Waals surface area contributed by atoms with Crippen LogP contribution in [0.3, 0.4) is 0 Å². The number of ether oxygens (including phenoxy) is 1. The van der Waals surface area contributed by atoms with Gasteiger partial charge in [-0.15, -0.1) is 0 Å². The summed E-state index contributed by atoms with van der Waals surface area (Å²) in [6, 6.07) is 55.3. The molecule has 5 nitrogen and oxygen atoms in total. The summed E-state index contributed by atoms with van der Waals surface area (Å²) in [5.41, 5.74) is 10.6. The van der Waals surface area contributed by atoms with E-state index in [1.807, 2.05) is 30.3 Å². The number of fused-ring (bicyclic) bond motifs is 9. The van der Waals surface area contributed by atoms with E-state index in [1.165, 1.54) is 16.3 Å². The Morgan fingerprint density at radius 1 is 0.408 bits per heavy atom. The van der Waals surface area contributed by atoms with Gasteiger partial charge < -0.3 is 9.30 Å². The third-order valence-electron chi connectivity index (χ3n) is 9.90. The fraction of sp³-hybridized carbons (Fsp3) is 0. The van der Waals surface area contributed by atoms with Crippen LogP contribution >= 0.6 is 0 Å². The molecule has 5 heteroatoms. The van der Waals surface area contributed by atoms with Gasteiger partial charge >= 0.3 is 0 Å². The Labute approximate surface area is 280 Å². The van der Waals surface area contributed by atoms with Gasteiger partial charge in [0.05, 0.1) is 39.0 Å². The molecule has 0 unspecified atom stereocenters. The Balaban J connectivity index is 1.15. The molecule has 7 aromatic carbocycles. The lowest BCUT2D eigenvalue weighted by molar-refractivity contribution is 0.476. The summed E-state index contributed by atoms with van der Waals surface area (Å²) in [4.78, 5) is 10.4. The molecule has 10 aromatic rings. The molecule has 1 aliphatic heterocycles. The Hall–Kier alpha value is -6.72. The van der Waals surface area contributed by atoms with Gasteiger partial charge in [0.2, 0.25) is 5.95 Å². The van der Waals surface area contributed by atoms with Crippen molar-refractivity contribution in [3.8, 4) is 45.5 Å². The van der Waals surface area contributed by atoms with Crippen LogP contribution in [0.25, 0.3) is 88.5 Å². The molecule has 0 amide bonds. The van der Waals surface area contributed by atoms with E-state index in [0.29, 0.717) is 5.95 Å². The van der Waals surface area contributed by atoms with Crippen LogP contribution in [0, 0.1) is 0 Å². The van der Waals surface area contributed by atoms with Gasteiger partial charge in [0, 0.05) is 32.5 Å². The molecule has 0 spiro atoms. The van der Waals surface area contributed by atoms with Gasteiger partial charge in [-0.25, -0.2) is 9.97 Å². The number of hydrogen-bond acceptors (Lipinski definition) is 3. The first-order valence-electron chi connectivity index (χ1n) is 16.5. The highest BCUT2D eigenvalue weighted by molar-refractivity contribution is 6.14. The summed E-state index contributed by atoms with van der Waals surface area (Å²) < 4.78 is 11.1. The zero-order valence-corrected chi connectivity index (χ0v) is 26.2. The number of para-hydroxylation sites is 5. The predicted molar refractivity (Wildman–Crippen MR) is 199 cm³/mol. The van der Waals surface area contributed by atoms with Crippen LogP contribution in [0.1, 0.15) is 0 Å². The second-order valence-electron chi connectivity index (χ2n) is 12.6. The fourth-order valence-corrected chi connectivity index (χ4v) is 7.75. The van der Waals surface area contributed by atoms with Crippen LogP contribution in [0.15, 0.2) is 158 Å². The molecule has 228 valence electrons. The van der Waals surface area contributed by atoms with E-state index in [1.54, 1.807) is 0 Å². The monoisotopic (exact) mass is 626 g/mol. The molecule has 3 aromatic heterocycles. The predicted octanol–water partition coefficient (Wildman–Crippen LogP) is 11.3. The SMILES string of the molecule is c1ccc(-c2nc(-n3c4ccccc4c4cc(-c5cc6c7c(c5)c5ccccc5n7-c5ccccc5O6)ccc43)nc3ccccc23)cc1. The lowest BCUT2D eigenvalue weighted by atomic mass is 9.99. The lowest BCUT2D eigenvalue weighted by Gasteiger charge is -2.21. The van der Waals surface area contributed by atoms with Crippen LogP contribution in [0.2, 0.25) is 0 Å². The molecule has 1 aliphatic rings. The standard InChI is InChI=1S/C44H26N4O/c1-2-12-27(13-3-1)42-32-16-4-7-17-35(32)45-44(46-42)48-37-19-9-5-14-30(37)33-24-28(22-23-38(33)48)29-25-34-31-15-6-8-18-36(31)47-39-20-10-11-21-40(39)49-41(26-29)43(34)47/h1-26H. The van der Waals surface area contributed by atoms with Crippen molar-refractivity contribution < 1.29 is 4.74 Å². The van der Waals surface area contributed by atoms with Crippen molar-refractivity contribution in [2.75, 3.05) is 0 Å². The van der Waals surface area contributed by atoms with Crippen molar-refractivity contribution >= 4 is 54.5 Å². The van der Waals surface area contributed by atoms with Crippen LogP contribution < -0.4 is 4.74 Å². The van der Waals surface area contributed by atoms with Crippen LogP contribution in [0.5, 0.6) is 11.5 Å². The Bertz CT molecular complexity index is 2970. The molecular formula is C44H26N4O. The molecule has 0 aliphatic carbocycles. The highest BCUT2D eigenvalue weighted by Gasteiger charge is 2.25. The minimum absolute atomic E-state index is 0.655. The average molecular weight is 627 g/mol. The second kappa shape index (κ2) is 9.89. The second-order valence-corrected chi connectivity index (χ2v) is 12.6. The molecule has 11 rings (SSSR count). The molecule has 0 fully saturated rings. The largest absolute Gasteiger partial charge is 0.453 e. The van der Waals surface area contributed by atoms with E-state index in [9.17, 15) is 0 Å². The molecule has 49 heavy (non-hydrogen) atoms. The number of nitrogens with zero attached hydrogens (tertiary/aromatic N) is 4. The zero-order chi connectivity index (χ0) is 32.1. The molecule has 0 saturated heterocycles. The molecule has 0 N–H and O–H groups in total. The third-order valence-corrected chi connectivity index (χ3v) is 9.90. The van der Waals surface area contributed by atoms with Crippen LogP contribution in [-0.4, -0.2) is 19.1 Å². The topological polar surface area (TPSA) is 44.9 Å². The minimum atomic E-state index is 0.655. The number of benzene rings is 7. The molecular weight excluding hydrogens is 601 g/mol. The first kappa shape index (κ1) is 26.4. The van der Waals surface area contributed by atoms with E-state index in [-0.39, 0.29) is 0 Å². The van der Waals surface area contributed by atoms with Gasteiger partial charge in [0.25, 0.3) is 0 Å². The van der Waals surface area contributed by atoms with Crippen LogP contribution in [-0.2, 0) is 0 Å². The van der Waals surface area contributed by atoms with E-state index >= 15 is 0 Å². The average Bonchev–Trinajstić information content (AvgIpc) is 3.68. The smallest absolute Gasteiger partial charge is 0.235 e. The van der Waals surface area contributed by atoms with Gasteiger partial charge in [-0.1, -0.05) is 103 Å². The summed E-state index contributed by atoms with van der Waals surface area (Å²) in [6.45, 7) is 0. The van der Waals surface area contributed by atoms with E-state index < -0.39 is 0 Å². The van der Waals surface area contributed by atoms with Gasteiger partial charge in [-0.2, -0.15) is 0 Å². The van der Waals surface area contributed by atoms with Crippen LogP contribution in [0.4, 0.5) is 0 Å². The quantitative estimate of drug-likeness (QED) is 0.196. The number of aromatic nitrogens is 4. The molecule has 0 bridgehead atoms. The Morgan fingerprint density at radius 3 is 1.92 bits per heavy atom. The third kappa shape index (κ3) is 3.75. The van der Waals surface area contributed by atoms with E-state index in [2.05, 4.69) is 137 Å². The Kier molecular flexibility index (Phi) is 5.32. The highest BCUT2D eigenvalue weighted by atomic mass is 16.5. The number of rotatable bonds is 3. The van der Waals surface area contributed by atoms with Gasteiger partial charge in [-0.3, -0.25) is 4.57 Å². The molecule has 0 saturated carbocycles. The summed E-state index contributed by atoms with van der Waals surface area (Å²) in [5, 5.41) is 5.72. The maximum absolute atomic E-state index is 6.60. The van der Waals surface area contributed by atoms with Gasteiger partial charge in [0.15, 0.2) is 11.5 Å². The van der Waals surface area contributed by atoms with E-state index in [0.717, 1.165) is 77.8 Å². The summed E-state index contributed by atoms with van der Waals surface area (Å²) in [5.74, 6) is 2.38. The summed E-state index contributed by atoms with van der Waals surface area (Å²) in [7, 11) is 0. The zero-order valence-electron chi connectivity index (χ0n) is 26.2. The van der Waals surface area contributed by atoms with Crippen molar-refractivity contribution in [2.45, 2.75) is 0 Å². The van der Waals surface area contributed by atoms with Crippen molar-refractivity contribution in [2.24, 2.45) is 0 Å². The highest BCUT2D eigenvalue weighted by Crippen LogP contribution is 2.47. The fourth-order valence-electron chi connectivity index (χ4n) is 7.75. The maximum atomic E-state index is 6.60. The lowest BCUT2D eigenvalue weighted by Crippen LogP contribution is -2.04. The number of hydrogen-bond donors (Lipinski definition) is 0. The van der Waals surface area contributed by atoms with Crippen molar-refractivity contribution in [1.82, 2.24) is 19.1 Å². The van der Waals surface area contributed by atoms with Gasteiger partial charge in [0.1, 0.15) is 0 Å². The summed E-state index contributed by atoms with van der Waals surface area (Å²) >= 11 is 0. The molecule has 0 atom stereocenters.